The number of nitrogens with zero attached hydrogens (tertiary/aromatic N) is 2. The zero-order valence-electron chi connectivity index (χ0n) is 11.1. The molecule has 0 aliphatic rings. The van der Waals surface area contributed by atoms with Crippen molar-refractivity contribution in [3.63, 3.8) is 0 Å². The summed E-state index contributed by atoms with van der Waals surface area (Å²) in [7, 11) is 0. The van der Waals surface area contributed by atoms with Crippen LogP contribution < -0.4 is 5.32 Å². The summed E-state index contributed by atoms with van der Waals surface area (Å²) in [6.07, 6.45) is 3.37. The molecule has 0 saturated carbocycles. The smallest absolute Gasteiger partial charge is 0.270 e. The Kier molecular flexibility index (Phi) is 3.79. The molecule has 0 atom stereocenters. The highest BCUT2D eigenvalue weighted by atomic mass is 35.5. The van der Waals surface area contributed by atoms with E-state index in [9.17, 15) is 4.79 Å². The molecule has 1 amide bonds. The third-order valence-electron chi connectivity index (χ3n) is 3.06. The van der Waals surface area contributed by atoms with Gasteiger partial charge in [-0.2, -0.15) is 0 Å². The van der Waals surface area contributed by atoms with Crippen LogP contribution in [0.15, 0.2) is 54.9 Å². The fraction of sp³-hybridized carbons (Fsp3) is 0.0625. The summed E-state index contributed by atoms with van der Waals surface area (Å²) in [6.45, 7) is 0.412. The third-order valence-corrected chi connectivity index (χ3v) is 3.30. The fourth-order valence-electron chi connectivity index (χ4n) is 2.01. The Morgan fingerprint density at radius 2 is 2.10 bits per heavy atom. The first kappa shape index (κ1) is 13.5. The Labute approximate surface area is 126 Å². The van der Waals surface area contributed by atoms with Crippen LogP contribution in [0.25, 0.3) is 10.9 Å². The normalized spacial score (nSPS) is 10.5. The minimum atomic E-state index is -0.214. The molecule has 0 bridgehead atoms. The zero-order chi connectivity index (χ0) is 14.7. The van der Waals surface area contributed by atoms with Gasteiger partial charge in [0.1, 0.15) is 5.69 Å². The molecule has 0 spiro atoms. The van der Waals surface area contributed by atoms with Crippen LogP contribution in [0.4, 0.5) is 0 Å². The lowest BCUT2D eigenvalue weighted by Gasteiger charge is -2.06. The largest absolute Gasteiger partial charge is 0.347 e. The molecule has 104 valence electrons. The molecule has 0 aliphatic heterocycles. The van der Waals surface area contributed by atoms with E-state index in [-0.39, 0.29) is 5.91 Å². The molecule has 2 heterocycles. The van der Waals surface area contributed by atoms with E-state index in [0.717, 1.165) is 16.5 Å². The monoisotopic (exact) mass is 297 g/mol. The van der Waals surface area contributed by atoms with Crippen molar-refractivity contribution in [2.75, 3.05) is 0 Å². The number of benzene rings is 1. The molecule has 0 saturated heterocycles. The van der Waals surface area contributed by atoms with E-state index in [0.29, 0.717) is 17.3 Å². The number of carbonyl (C=O) groups is 1. The molecular weight excluding hydrogens is 286 g/mol. The summed E-state index contributed by atoms with van der Waals surface area (Å²) in [6, 6.07) is 12.7. The lowest BCUT2D eigenvalue weighted by molar-refractivity contribution is 0.0946. The van der Waals surface area contributed by atoms with Gasteiger partial charge in [-0.05, 0) is 35.9 Å². The molecule has 1 N–H and O–H groups in total. The molecule has 4 nitrogen and oxygen atoms in total. The minimum absolute atomic E-state index is 0.214. The molecule has 0 unspecified atom stereocenters. The SMILES string of the molecule is O=C(NCc1cccc(Cl)c1)c1ccc2cnccc2n1. The van der Waals surface area contributed by atoms with Gasteiger partial charge >= 0.3 is 0 Å². The van der Waals surface area contributed by atoms with Gasteiger partial charge in [0.25, 0.3) is 5.91 Å². The van der Waals surface area contributed by atoms with Crippen LogP contribution in [-0.2, 0) is 6.54 Å². The number of carbonyl (C=O) groups excluding carboxylic acids is 1. The van der Waals surface area contributed by atoms with Crippen molar-refractivity contribution in [2.24, 2.45) is 0 Å². The molecule has 3 aromatic rings. The van der Waals surface area contributed by atoms with Crippen molar-refractivity contribution < 1.29 is 4.79 Å². The van der Waals surface area contributed by atoms with Crippen molar-refractivity contribution >= 4 is 28.4 Å². The molecule has 2 aromatic heterocycles. The summed E-state index contributed by atoms with van der Waals surface area (Å²) >= 11 is 5.91. The Morgan fingerprint density at radius 3 is 2.95 bits per heavy atom. The Bertz CT molecular complexity index is 804. The maximum atomic E-state index is 12.1. The van der Waals surface area contributed by atoms with Gasteiger partial charge in [-0.3, -0.25) is 9.78 Å². The first-order valence-corrected chi connectivity index (χ1v) is 6.83. The number of hydrogen-bond donors (Lipinski definition) is 1. The average Bonchev–Trinajstić information content (AvgIpc) is 2.52. The van der Waals surface area contributed by atoms with Gasteiger partial charge < -0.3 is 5.32 Å². The molecule has 0 fully saturated rings. The van der Waals surface area contributed by atoms with E-state index < -0.39 is 0 Å². The van der Waals surface area contributed by atoms with Crippen molar-refractivity contribution in [3.8, 4) is 0 Å². The number of rotatable bonds is 3. The van der Waals surface area contributed by atoms with Crippen molar-refractivity contribution in [1.82, 2.24) is 15.3 Å². The number of pyridine rings is 2. The van der Waals surface area contributed by atoms with E-state index in [2.05, 4.69) is 15.3 Å². The lowest BCUT2D eigenvalue weighted by atomic mass is 10.2. The number of nitrogens with one attached hydrogen (secondary N) is 1. The standard InChI is InChI=1S/C16H12ClN3O/c17-13-3-1-2-11(8-13)9-19-16(21)15-5-4-12-10-18-7-6-14(12)20-15/h1-8,10H,9H2,(H,19,21). The minimum Gasteiger partial charge on any atom is -0.347 e. The van der Waals surface area contributed by atoms with Crippen molar-refractivity contribution in [2.45, 2.75) is 6.54 Å². The quantitative estimate of drug-likeness (QED) is 0.807. The second kappa shape index (κ2) is 5.89. The summed E-state index contributed by atoms with van der Waals surface area (Å²) in [5, 5.41) is 4.39. The van der Waals surface area contributed by atoms with Gasteiger partial charge in [0.05, 0.1) is 5.52 Å². The predicted molar refractivity (Wildman–Crippen MR) is 82.2 cm³/mol. The summed E-state index contributed by atoms with van der Waals surface area (Å²) < 4.78 is 0. The summed E-state index contributed by atoms with van der Waals surface area (Å²) in [4.78, 5) is 20.5. The molecular formula is C16H12ClN3O. The fourth-order valence-corrected chi connectivity index (χ4v) is 2.22. The highest BCUT2D eigenvalue weighted by molar-refractivity contribution is 6.30. The van der Waals surface area contributed by atoms with E-state index in [4.69, 9.17) is 11.6 Å². The van der Waals surface area contributed by atoms with Crippen LogP contribution in [0, 0.1) is 0 Å². The van der Waals surface area contributed by atoms with Gasteiger partial charge in [0, 0.05) is 29.3 Å². The number of hydrogen-bond acceptors (Lipinski definition) is 3. The van der Waals surface area contributed by atoms with Gasteiger partial charge in [-0.25, -0.2) is 4.98 Å². The van der Waals surface area contributed by atoms with E-state index in [1.54, 1.807) is 30.6 Å². The second-order valence-electron chi connectivity index (χ2n) is 4.58. The van der Waals surface area contributed by atoms with Crippen molar-refractivity contribution in [1.29, 1.82) is 0 Å². The average molecular weight is 298 g/mol. The first-order chi connectivity index (χ1) is 10.2. The highest BCUT2D eigenvalue weighted by Crippen LogP contribution is 2.12. The Morgan fingerprint density at radius 1 is 1.19 bits per heavy atom. The topological polar surface area (TPSA) is 54.9 Å². The summed E-state index contributed by atoms with van der Waals surface area (Å²) in [5.74, 6) is -0.214. The second-order valence-corrected chi connectivity index (χ2v) is 5.01. The molecule has 5 heteroatoms. The van der Waals surface area contributed by atoms with Gasteiger partial charge in [-0.15, -0.1) is 0 Å². The zero-order valence-corrected chi connectivity index (χ0v) is 11.8. The van der Waals surface area contributed by atoms with E-state index in [1.807, 2.05) is 24.3 Å². The van der Waals surface area contributed by atoms with E-state index >= 15 is 0 Å². The molecule has 1 aromatic carbocycles. The third kappa shape index (κ3) is 3.17. The van der Waals surface area contributed by atoms with Crippen LogP contribution in [0.2, 0.25) is 5.02 Å². The van der Waals surface area contributed by atoms with Crippen LogP contribution in [0.1, 0.15) is 16.1 Å². The Hall–Kier alpha value is -2.46. The van der Waals surface area contributed by atoms with Gasteiger partial charge in [0.2, 0.25) is 0 Å². The van der Waals surface area contributed by atoms with Crippen molar-refractivity contribution in [3.05, 3.63) is 71.1 Å². The molecule has 21 heavy (non-hydrogen) atoms. The maximum absolute atomic E-state index is 12.1. The molecule has 0 aliphatic carbocycles. The number of fused-ring (bicyclic) bond motifs is 1. The first-order valence-electron chi connectivity index (χ1n) is 6.46. The molecule has 3 rings (SSSR count). The predicted octanol–water partition coefficient (Wildman–Crippen LogP) is 3.21. The highest BCUT2D eigenvalue weighted by Gasteiger charge is 2.08. The van der Waals surface area contributed by atoms with Crippen LogP contribution in [0.3, 0.4) is 0 Å². The number of halogens is 1. The van der Waals surface area contributed by atoms with Crippen LogP contribution in [-0.4, -0.2) is 15.9 Å². The maximum Gasteiger partial charge on any atom is 0.270 e. The number of aromatic nitrogens is 2. The molecule has 0 radical (unpaired) electrons. The Balaban J connectivity index is 1.74. The summed E-state index contributed by atoms with van der Waals surface area (Å²) in [5.41, 5.74) is 2.08. The van der Waals surface area contributed by atoms with Crippen LogP contribution in [0.5, 0.6) is 0 Å². The number of amides is 1. The lowest BCUT2D eigenvalue weighted by Crippen LogP contribution is -2.23. The van der Waals surface area contributed by atoms with Gasteiger partial charge in [-0.1, -0.05) is 23.7 Å². The van der Waals surface area contributed by atoms with Crippen LogP contribution >= 0.6 is 11.6 Å². The van der Waals surface area contributed by atoms with E-state index in [1.165, 1.54) is 0 Å². The van der Waals surface area contributed by atoms with Gasteiger partial charge in [0.15, 0.2) is 0 Å².